The molecule has 0 fully saturated rings. The number of aromatic nitrogens is 2. The summed E-state index contributed by atoms with van der Waals surface area (Å²) in [5, 5.41) is 4.27. The number of rotatable bonds is 5. The van der Waals surface area contributed by atoms with Gasteiger partial charge in [0.1, 0.15) is 4.83 Å². The number of hydrogen-bond donors (Lipinski definition) is 1. The SMILES string of the molecule is Cn1c(SCC(=O)Nc2ccc(-c3ccccc3)cc2)nc2sc3c(c2c1=O)CCC3. The van der Waals surface area contributed by atoms with Crippen LogP contribution in [0.1, 0.15) is 16.9 Å². The van der Waals surface area contributed by atoms with Gasteiger partial charge in [-0.3, -0.25) is 14.2 Å². The fourth-order valence-electron chi connectivity index (χ4n) is 3.94. The van der Waals surface area contributed by atoms with E-state index in [4.69, 9.17) is 0 Å². The van der Waals surface area contributed by atoms with Gasteiger partial charge >= 0.3 is 0 Å². The third kappa shape index (κ3) is 3.91. The number of thioether (sulfide) groups is 1. The fraction of sp³-hybridized carbons (Fsp3) is 0.208. The van der Waals surface area contributed by atoms with Gasteiger partial charge in [0.05, 0.1) is 11.1 Å². The lowest BCUT2D eigenvalue weighted by atomic mass is 10.1. The third-order valence-electron chi connectivity index (χ3n) is 5.51. The number of anilines is 1. The highest BCUT2D eigenvalue weighted by molar-refractivity contribution is 7.99. The smallest absolute Gasteiger partial charge is 0.262 e. The summed E-state index contributed by atoms with van der Waals surface area (Å²) in [6, 6.07) is 17.9. The molecule has 2 aromatic carbocycles. The number of carbonyl (C=O) groups is 1. The third-order valence-corrected chi connectivity index (χ3v) is 7.73. The number of thiophene rings is 1. The van der Waals surface area contributed by atoms with Crippen LogP contribution in [-0.4, -0.2) is 21.2 Å². The van der Waals surface area contributed by atoms with E-state index in [0.717, 1.165) is 46.3 Å². The van der Waals surface area contributed by atoms with E-state index >= 15 is 0 Å². The van der Waals surface area contributed by atoms with Crippen LogP contribution in [0.4, 0.5) is 5.69 Å². The normalized spacial score (nSPS) is 12.8. The van der Waals surface area contributed by atoms with Crippen LogP contribution in [0.25, 0.3) is 21.3 Å². The van der Waals surface area contributed by atoms with Gasteiger partial charge in [-0.25, -0.2) is 4.98 Å². The number of nitrogens with zero attached hydrogens (tertiary/aromatic N) is 2. The van der Waals surface area contributed by atoms with Crippen molar-refractivity contribution in [1.29, 1.82) is 0 Å². The molecule has 1 amide bonds. The van der Waals surface area contributed by atoms with E-state index in [0.29, 0.717) is 5.16 Å². The van der Waals surface area contributed by atoms with Gasteiger partial charge in [0.2, 0.25) is 5.91 Å². The molecule has 0 radical (unpaired) electrons. The predicted molar refractivity (Wildman–Crippen MR) is 128 cm³/mol. The van der Waals surface area contributed by atoms with Gasteiger partial charge in [-0.05, 0) is 48.1 Å². The van der Waals surface area contributed by atoms with E-state index in [-0.39, 0.29) is 17.2 Å². The van der Waals surface area contributed by atoms with E-state index in [2.05, 4.69) is 22.4 Å². The molecule has 7 heteroatoms. The molecule has 2 heterocycles. The Hall–Kier alpha value is -2.90. The molecule has 156 valence electrons. The molecule has 0 spiro atoms. The lowest BCUT2D eigenvalue weighted by Crippen LogP contribution is -2.21. The van der Waals surface area contributed by atoms with Gasteiger partial charge in [-0.15, -0.1) is 11.3 Å². The highest BCUT2D eigenvalue weighted by Gasteiger charge is 2.22. The largest absolute Gasteiger partial charge is 0.325 e. The molecule has 4 aromatic rings. The summed E-state index contributed by atoms with van der Waals surface area (Å²) in [6.07, 6.45) is 3.11. The van der Waals surface area contributed by atoms with Crippen LogP contribution in [0, 0.1) is 0 Å². The Balaban J connectivity index is 1.27. The Morgan fingerprint density at radius 2 is 1.84 bits per heavy atom. The van der Waals surface area contributed by atoms with Crippen LogP contribution in [0.2, 0.25) is 0 Å². The number of benzene rings is 2. The molecule has 0 aliphatic heterocycles. The lowest BCUT2D eigenvalue weighted by molar-refractivity contribution is -0.113. The molecule has 1 aliphatic carbocycles. The topological polar surface area (TPSA) is 64.0 Å². The van der Waals surface area contributed by atoms with Gasteiger partial charge < -0.3 is 5.32 Å². The average Bonchev–Trinajstić information content (AvgIpc) is 3.37. The Kier molecular flexibility index (Phi) is 5.38. The van der Waals surface area contributed by atoms with Crippen molar-refractivity contribution in [2.24, 2.45) is 7.05 Å². The molecule has 1 N–H and O–H groups in total. The molecule has 0 saturated heterocycles. The number of carbonyl (C=O) groups excluding carboxylic acids is 1. The summed E-state index contributed by atoms with van der Waals surface area (Å²) < 4.78 is 1.57. The minimum absolute atomic E-state index is 0.0104. The predicted octanol–water partition coefficient (Wildman–Crippen LogP) is 4.88. The second-order valence-corrected chi connectivity index (χ2v) is 9.60. The van der Waals surface area contributed by atoms with Crippen LogP contribution >= 0.6 is 23.1 Å². The summed E-state index contributed by atoms with van der Waals surface area (Å²) >= 11 is 2.91. The molecule has 5 nitrogen and oxygen atoms in total. The molecule has 0 unspecified atom stereocenters. The minimum Gasteiger partial charge on any atom is -0.325 e. The zero-order valence-corrected chi connectivity index (χ0v) is 18.7. The van der Waals surface area contributed by atoms with Crippen molar-refractivity contribution in [1.82, 2.24) is 9.55 Å². The Morgan fingerprint density at radius 3 is 2.61 bits per heavy atom. The monoisotopic (exact) mass is 447 g/mol. The molecular formula is C24H21N3O2S2. The summed E-state index contributed by atoms with van der Waals surface area (Å²) in [5.41, 5.74) is 4.16. The van der Waals surface area contributed by atoms with E-state index < -0.39 is 0 Å². The van der Waals surface area contributed by atoms with Crippen LogP contribution in [0.5, 0.6) is 0 Å². The number of amides is 1. The van der Waals surface area contributed by atoms with Crippen molar-refractivity contribution in [2.75, 3.05) is 11.1 Å². The second kappa shape index (κ2) is 8.32. The van der Waals surface area contributed by atoms with E-state index in [1.807, 2.05) is 42.5 Å². The first-order valence-electron chi connectivity index (χ1n) is 10.2. The number of hydrogen-bond acceptors (Lipinski definition) is 5. The second-order valence-electron chi connectivity index (χ2n) is 7.58. The van der Waals surface area contributed by atoms with Crippen molar-refractivity contribution in [2.45, 2.75) is 24.4 Å². The maximum atomic E-state index is 12.9. The van der Waals surface area contributed by atoms with Crippen LogP contribution in [0.15, 0.2) is 64.5 Å². The molecule has 0 atom stereocenters. The van der Waals surface area contributed by atoms with E-state index in [1.54, 1.807) is 23.0 Å². The molecule has 31 heavy (non-hydrogen) atoms. The van der Waals surface area contributed by atoms with Gasteiger partial charge in [0.15, 0.2) is 5.16 Å². The standard InChI is InChI=1S/C24H21N3O2S2/c1-27-23(29)21-18-8-5-9-19(18)31-22(21)26-24(27)30-14-20(28)25-17-12-10-16(11-13-17)15-6-3-2-4-7-15/h2-4,6-7,10-13H,5,8-9,14H2,1H3,(H,25,28). The highest BCUT2D eigenvalue weighted by Crippen LogP contribution is 2.35. The van der Waals surface area contributed by atoms with E-state index in [1.165, 1.54) is 22.2 Å². The molecule has 2 aromatic heterocycles. The lowest BCUT2D eigenvalue weighted by Gasteiger charge is -2.09. The van der Waals surface area contributed by atoms with Gasteiger partial charge in [-0.2, -0.15) is 0 Å². The first kappa shape index (κ1) is 20.0. The Labute approximate surface area is 188 Å². The first-order chi connectivity index (χ1) is 15.1. The zero-order valence-electron chi connectivity index (χ0n) is 17.1. The van der Waals surface area contributed by atoms with Crippen molar-refractivity contribution < 1.29 is 4.79 Å². The van der Waals surface area contributed by atoms with Gasteiger partial charge in [-0.1, -0.05) is 54.2 Å². The molecular weight excluding hydrogens is 426 g/mol. The summed E-state index contributed by atoms with van der Waals surface area (Å²) in [5.74, 6) is 0.0672. The van der Waals surface area contributed by atoms with Crippen molar-refractivity contribution in [3.63, 3.8) is 0 Å². The number of aryl methyl sites for hydroxylation is 2. The molecule has 0 saturated carbocycles. The molecule has 1 aliphatic rings. The maximum absolute atomic E-state index is 12.9. The van der Waals surface area contributed by atoms with Crippen LogP contribution in [-0.2, 0) is 24.7 Å². The zero-order chi connectivity index (χ0) is 21.4. The first-order valence-corrected chi connectivity index (χ1v) is 12.0. The quantitative estimate of drug-likeness (QED) is 0.350. The highest BCUT2D eigenvalue weighted by atomic mass is 32.2. The minimum atomic E-state index is -0.125. The van der Waals surface area contributed by atoms with Crippen LogP contribution in [0.3, 0.4) is 0 Å². The Bertz CT molecular complexity index is 1330. The van der Waals surface area contributed by atoms with Crippen molar-refractivity contribution >= 4 is 44.9 Å². The van der Waals surface area contributed by atoms with Gasteiger partial charge in [0.25, 0.3) is 5.56 Å². The summed E-state index contributed by atoms with van der Waals surface area (Å²) in [4.78, 5) is 32.1. The fourth-order valence-corrected chi connectivity index (χ4v) is 6.01. The van der Waals surface area contributed by atoms with Gasteiger partial charge in [0, 0.05) is 17.6 Å². The van der Waals surface area contributed by atoms with Crippen LogP contribution < -0.4 is 10.9 Å². The van der Waals surface area contributed by atoms with Crippen molar-refractivity contribution in [3.8, 4) is 11.1 Å². The summed E-state index contributed by atoms with van der Waals surface area (Å²) in [7, 11) is 1.73. The van der Waals surface area contributed by atoms with Crippen molar-refractivity contribution in [3.05, 3.63) is 75.4 Å². The Morgan fingerprint density at radius 1 is 1.10 bits per heavy atom. The molecule has 5 rings (SSSR count). The maximum Gasteiger partial charge on any atom is 0.262 e. The summed E-state index contributed by atoms with van der Waals surface area (Å²) in [6.45, 7) is 0. The number of nitrogens with one attached hydrogen (secondary N) is 1. The number of fused-ring (bicyclic) bond motifs is 3. The average molecular weight is 448 g/mol. The molecule has 0 bridgehead atoms. The van der Waals surface area contributed by atoms with E-state index in [9.17, 15) is 9.59 Å².